The SMILES string of the molecule is CCCCN=C(NN)N(CCC)CC1CC1. The van der Waals surface area contributed by atoms with Crippen molar-refractivity contribution in [3.63, 3.8) is 0 Å². The Morgan fingerprint density at radius 2 is 2.12 bits per heavy atom. The van der Waals surface area contributed by atoms with Gasteiger partial charge in [0.15, 0.2) is 0 Å². The maximum atomic E-state index is 5.56. The molecule has 16 heavy (non-hydrogen) atoms. The third kappa shape index (κ3) is 4.84. The van der Waals surface area contributed by atoms with E-state index in [2.05, 4.69) is 29.2 Å². The average molecular weight is 226 g/mol. The topological polar surface area (TPSA) is 53.6 Å². The van der Waals surface area contributed by atoms with Gasteiger partial charge in [-0.1, -0.05) is 20.3 Å². The van der Waals surface area contributed by atoms with Crippen LogP contribution in [0.4, 0.5) is 0 Å². The van der Waals surface area contributed by atoms with E-state index < -0.39 is 0 Å². The largest absolute Gasteiger partial charge is 0.342 e. The lowest BCUT2D eigenvalue weighted by atomic mass is 10.3. The first-order valence-electron chi connectivity index (χ1n) is 6.57. The molecule has 1 rings (SSSR count). The highest BCUT2D eigenvalue weighted by Gasteiger charge is 2.25. The molecule has 4 heteroatoms. The minimum atomic E-state index is 0.872. The number of nitrogens with zero attached hydrogens (tertiary/aromatic N) is 2. The molecule has 1 saturated carbocycles. The monoisotopic (exact) mass is 226 g/mol. The quantitative estimate of drug-likeness (QED) is 0.228. The fourth-order valence-corrected chi connectivity index (χ4v) is 1.75. The lowest BCUT2D eigenvalue weighted by Gasteiger charge is -2.25. The van der Waals surface area contributed by atoms with Crippen molar-refractivity contribution >= 4 is 5.96 Å². The summed E-state index contributed by atoms with van der Waals surface area (Å²) in [6.45, 7) is 7.41. The zero-order chi connectivity index (χ0) is 11.8. The number of hydrogen-bond donors (Lipinski definition) is 2. The molecule has 1 aliphatic carbocycles. The molecule has 0 aromatic heterocycles. The Balaban J connectivity index is 2.45. The number of unbranched alkanes of at least 4 members (excludes halogenated alkanes) is 1. The van der Waals surface area contributed by atoms with Gasteiger partial charge in [-0.25, -0.2) is 5.84 Å². The highest BCUT2D eigenvalue weighted by atomic mass is 15.4. The van der Waals surface area contributed by atoms with Crippen LogP contribution in [-0.2, 0) is 0 Å². The molecule has 1 fully saturated rings. The summed E-state index contributed by atoms with van der Waals surface area (Å²) < 4.78 is 0. The van der Waals surface area contributed by atoms with Crippen molar-refractivity contribution < 1.29 is 0 Å². The van der Waals surface area contributed by atoms with E-state index in [-0.39, 0.29) is 0 Å². The fourth-order valence-electron chi connectivity index (χ4n) is 1.75. The summed E-state index contributed by atoms with van der Waals surface area (Å²) in [5.74, 6) is 7.31. The van der Waals surface area contributed by atoms with Gasteiger partial charge < -0.3 is 4.90 Å². The lowest BCUT2D eigenvalue weighted by molar-refractivity contribution is 0.384. The van der Waals surface area contributed by atoms with Crippen molar-refractivity contribution in [3.05, 3.63) is 0 Å². The van der Waals surface area contributed by atoms with Gasteiger partial charge in [0.25, 0.3) is 0 Å². The molecule has 0 radical (unpaired) electrons. The molecule has 0 atom stereocenters. The van der Waals surface area contributed by atoms with Crippen molar-refractivity contribution in [1.82, 2.24) is 10.3 Å². The molecule has 0 aromatic rings. The zero-order valence-electron chi connectivity index (χ0n) is 10.7. The van der Waals surface area contributed by atoms with E-state index in [0.717, 1.165) is 44.4 Å². The summed E-state index contributed by atoms with van der Waals surface area (Å²) in [6, 6.07) is 0. The van der Waals surface area contributed by atoms with Crippen molar-refractivity contribution in [2.24, 2.45) is 16.8 Å². The Kier molecular flexibility index (Phi) is 6.23. The highest BCUT2D eigenvalue weighted by Crippen LogP contribution is 2.29. The van der Waals surface area contributed by atoms with Gasteiger partial charge in [0.05, 0.1) is 0 Å². The normalized spacial score (nSPS) is 16.3. The van der Waals surface area contributed by atoms with Gasteiger partial charge in [0.2, 0.25) is 5.96 Å². The molecule has 0 saturated heterocycles. The average Bonchev–Trinajstić information content (AvgIpc) is 3.08. The molecule has 1 aliphatic rings. The minimum absolute atomic E-state index is 0.872. The Hall–Kier alpha value is -0.770. The maximum absolute atomic E-state index is 5.56. The zero-order valence-corrected chi connectivity index (χ0v) is 10.7. The van der Waals surface area contributed by atoms with E-state index in [4.69, 9.17) is 5.84 Å². The Morgan fingerprint density at radius 3 is 2.62 bits per heavy atom. The Morgan fingerprint density at radius 1 is 1.38 bits per heavy atom. The molecule has 0 aromatic carbocycles. The van der Waals surface area contributed by atoms with Gasteiger partial charge in [-0.05, 0) is 31.6 Å². The number of aliphatic imine (C=N–C) groups is 1. The number of nitrogens with one attached hydrogen (secondary N) is 1. The molecule has 0 spiro atoms. The molecule has 0 bridgehead atoms. The molecule has 0 heterocycles. The molecule has 94 valence electrons. The molecular formula is C12H26N4. The molecule has 3 N–H and O–H groups in total. The van der Waals surface area contributed by atoms with E-state index >= 15 is 0 Å². The lowest BCUT2D eigenvalue weighted by Crippen LogP contribution is -2.46. The van der Waals surface area contributed by atoms with Gasteiger partial charge in [0, 0.05) is 19.6 Å². The van der Waals surface area contributed by atoms with Crippen LogP contribution in [0.25, 0.3) is 0 Å². The minimum Gasteiger partial charge on any atom is -0.342 e. The van der Waals surface area contributed by atoms with Gasteiger partial charge in [-0.15, -0.1) is 0 Å². The van der Waals surface area contributed by atoms with Crippen molar-refractivity contribution in [1.29, 1.82) is 0 Å². The van der Waals surface area contributed by atoms with E-state index in [1.165, 1.54) is 19.3 Å². The highest BCUT2D eigenvalue weighted by molar-refractivity contribution is 5.79. The Labute approximate surface area is 99.3 Å². The predicted molar refractivity (Wildman–Crippen MR) is 69.1 cm³/mol. The van der Waals surface area contributed by atoms with Crippen LogP contribution in [0, 0.1) is 5.92 Å². The fraction of sp³-hybridized carbons (Fsp3) is 0.917. The van der Waals surface area contributed by atoms with E-state index in [9.17, 15) is 0 Å². The van der Waals surface area contributed by atoms with Crippen LogP contribution >= 0.6 is 0 Å². The summed E-state index contributed by atoms with van der Waals surface area (Å²) in [6.07, 6.45) is 6.19. The molecule has 0 amide bonds. The van der Waals surface area contributed by atoms with Gasteiger partial charge in [0.1, 0.15) is 0 Å². The summed E-state index contributed by atoms with van der Waals surface area (Å²) in [5, 5.41) is 0. The predicted octanol–water partition coefficient (Wildman–Crippen LogP) is 1.73. The number of nitrogens with two attached hydrogens (primary N) is 1. The molecule has 0 aliphatic heterocycles. The van der Waals surface area contributed by atoms with Crippen LogP contribution in [0.3, 0.4) is 0 Å². The van der Waals surface area contributed by atoms with Crippen LogP contribution in [0.15, 0.2) is 4.99 Å². The third-order valence-electron chi connectivity index (χ3n) is 2.87. The van der Waals surface area contributed by atoms with E-state index in [0.29, 0.717) is 0 Å². The van der Waals surface area contributed by atoms with Crippen LogP contribution in [0.2, 0.25) is 0 Å². The van der Waals surface area contributed by atoms with Gasteiger partial charge >= 0.3 is 0 Å². The second-order valence-corrected chi connectivity index (χ2v) is 4.59. The number of hydrogen-bond acceptors (Lipinski definition) is 2. The summed E-state index contributed by atoms with van der Waals surface area (Å²) >= 11 is 0. The molecule has 4 nitrogen and oxygen atoms in total. The summed E-state index contributed by atoms with van der Waals surface area (Å²) in [7, 11) is 0. The number of hydrazine groups is 1. The first-order chi connectivity index (χ1) is 7.81. The van der Waals surface area contributed by atoms with E-state index in [1.54, 1.807) is 0 Å². The van der Waals surface area contributed by atoms with Crippen LogP contribution in [-0.4, -0.2) is 30.5 Å². The van der Waals surface area contributed by atoms with Gasteiger partial charge in [-0.2, -0.15) is 0 Å². The summed E-state index contributed by atoms with van der Waals surface area (Å²) in [4.78, 5) is 6.84. The van der Waals surface area contributed by atoms with Crippen molar-refractivity contribution in [2.75, 3.05) is 19.6 Å². The standard InChI is InChI=1S/C12H26N4/c1-3-5-8-14-12(15-13)16(9-4-2)10-11-6-7-11/h11H,3-10,13H2,1-2H3,(H,14,15). The molecule has 0 unspecified atom stereocenters. The van der Waals surface area contributed by atoms with Crippen LogP contribution in [0.1, 0.15) is 46.0 Å². The maximum Gasteiger partial charge on any atom is 0.208 e. The number of rotatable bonds is 7. The van der Waals surface area contributed by atoms with Crippen LogP contribution < -0.4 is 11.3 Å². The van der Waals surface area contributed by atoms with Crippen molar-refractivity contribution in [2.45, 2.75) is 46.0 Å². The van der Waals surface area contributed by atoms with Crippen molar-refractivity contribution in [3.8, 4) is 0 Å². The Bertz CT molecular complexity index is 211. The van der Waals surface area contributed by atoms with Crippen LogP contribution in [0.5, 0.6) is 0 Å². The number of guanidine groups is 1. The first kappa shape index (κ1) is 13.3. The van der Waals surface area contributed by atoms with E-state index in [1.807, 2.05) is 0 Å². The molecular weight excluding hydrogens is 200 g/mol. The van der Waals surface area contributed by atoms with Gasteiger partial charge in [-0.3, -0.25) is 10.4 Å². The first-order valence-corrected chi connectivity index (χ1v) is 6.57. The second kappa shape index (κ2) is 7.49. The summed E-state index contributed by atoms with van der Waals surface area (Å²) in [5.41, 5.74) is 2.75. The third-order valence-corrected chi connectivity index (χ3v) is 2.87. The smallest absolute Gasteiger partial charge is 0.208 e. The second-order valence-electron chi connectivity index (χ2n) is 4.59.